The van der Waals surface area contributed by atoms with Crippen molar-refractivity contribution in [2.75, 3.05) is 11.5 Å². The summed E-state index contributed by atoms with van der Waals surface area (Å²) in [6.45, 7) is 4.44. The maximum absolute atomic E-state index is 8.56. The second-order valence-electron chi connectivity index (χ2n) is 1.86. The van der Waals surface area contributed by atoms with Crippen molar-refractivity contribution in [1.82, 2.24) is 0 Å². The zero-order chi connectivity index (χ0) is 9.82. The summed E-state index contributed by atoms with van der Waals surface area (Å²) < 4.78 is 24.1. The van der Waals surface area contributed by atoms with Crippen LogP contribution in [0, 0.1) is 0 Å². The van der Waals surface area contributed by atoms with Gasteiger partial charge in [-0.05, 0) is 12.8 Å². The molecule has 1 atom stereocenters. The largest absolute Gasteiger partial charge is 0.750 e. The van der Waals surface area contributed by atoms with E-state index in [1.54, 1.807) is 0 Å². The summed E-state index contributed by atoms with van der Waals surface area (Å²) in [4.78, 5) is 0. The second kappa shape index (κ2) is 14.3. The fourth-order valence-electron chi connectivity index (χ4n) is 0.285. The predicted octanol–water partition coefficient (Wildman–Crippen LogP) is 2.53. The molecule has 0 aliphatic rings. The lowest BCUT2D eigenvalue weighted by molar-refractivity contribution is 0.436. The van der Waals surface area contributed by atoms with Crippen LogP contribution in [0.5, 0.6) is 0 Å². The molecule has 76 valence electrons. The van der Waals surface area contributed by atoms with Crippen molar-refractivity contribution in [3.63, 3.8) is 0 Å². The van der Waals surface area contributed by atoms with E-state index < -0.39 is 11.4 Å². The van der Waals surface area contributed by atoms with Crippen molar-refractivity contribution in [3.05, 3.63) is 0 Å². The van der Waals surface area contributed by atoms with Gasteiger partial charge in [-0.25, -0.2) is 4.21 Å². The van der Waals surface area contributed by atoms with Gasteiger partial charge in [-0.3, -0.25) is 0 Å². The third kappa shape index (κ3) is 30.9. The van der Waals surface area contributed by atoms with Gasteiger partial charge in [0, 0.05) is 11.5 Å². The lowest BCUT2D eigenvalue weighted by atomic mass is 10.6. The fourth-order valence-corrected chi connectivity index (χ4v) is 2.56. The molecule has 0 bridgehead atoms. The molecule has 0 amide bonds. The van der Waals surface area contributed by atoms with Crippen LogP contribution >= 0.6 is 21.6 Å². The SMILES string of the molecule is CCCSSCCC.O=S([O-])O. The first-order chi connectivity index (χ1) is 5.65. The van der Waals surface area contributed by atoms with Crippen LogP contribution in [-0.2, 0) is 11.4 Å². The van der Waals surface area contributed by atoms with E-state index in [1.165, 1.54) is 24.3 Å². The zero-order valence-corrected chi connectivity index (χ0v) is 9.77. The Kier molecular flexibility index (Phi) is 18.2. The molecule has 0 spiro atoms. The van der Waals surface area contributed by atoms with E-state index in [1.807, 2.05) is 21.6 Å². The van der Waals surface area contributed by atoms with Crippen molar-refractivity contribution in [2.24, 2.45) is 0 Å². The van der Waals surface area contributed by atoms with Crippen LogP contribution in [0.4, 0.5) is 0 Å². The summed E-state index contributed by atoms with van der Waals surface area (Å²) in [5.41, 5.74) is 0. The first-order valence-corrected chi connectivity index (χ1v) is 7.19. The molecular weight excluding hydrogens is 216 g/mol. The highest BCUT2D eigenvalue weighted by Crippen LogP contribution is 2.21. The Balaban J connectivity index is 0. The van der Waals surface area contributed by atoms with Gasteiger partial charge < -0.3 is 9.11 Å². The molecular formula is C6H15O3S3-. The molecule has 0 aromatic heterocycles. The van der Waals surface area contributed by atoms with E-state index in [2.05, 4.69) is 13.8 Å². The van der Waals surface area contributed by atoms with Crippen molar-refractivity contribution < 1.29 is 13.3 Å². The molecule has 3 nitrogen and oxygen atoms in total. The van der Waals surface area contributed by atoms with Crippen molar-refractivity contribution >= 4 is 32.9 Å². The second-order valence-corrected chi connectivity index (χ2v) is 5.00. The topological polar surface area (TPSA) is 60.4 Å². The van der Waals surface area contributed by atoms with Gasteiger partial charge in [0.2, 0.25) is 0 Å². The van der Waals surface area contributed by atoms with Gasteiger partial charge in [-0.1, -0.05) is 35.4 Å². The normalized spacial score (nSPS) is 11.7. The van der Waals surface area contributed by atoms with Gasteiger partial charge in [-0.15, -0.1) is 0 Å². The van der Waals surface area contributed by atoms with Crippen LogP contribution in [0.1, 0.15) is 26.7 Å². The summed E-state index contributed by atoms with van der Waals surface area (Å²) in [6.07, 6.45) is 2.61. The molecule has 0 rings (SSSR count). The third-order valence-electron chi connectivity index (χ3n) is 0.658. The molecule has 0 saturated carbocycles. The monoisotopic (exact) mass is 231 g/mol. The van der Waals surface area contributed by atoms with E-state index in [9.17, 15) is 0 Å². The molecule has 0 heterocycles. The van der Waals surface area contributed by atoms with Crippen LogP contribution in [-0.4, -0.2) is 24.8 Å². The summed E-state index contributed by atoms with van der Waals surface area (Å²) in [6, 6.07) is 0. The summed E-state index contributed by atoms with van der Waals surface area (Å²) in [7, 11) is 3.99. The van der Waals surface area contributed by atoms with Crippen molar-refractivity contribution in [2.45, 2.75) is 26.7 Å². The maximum atomic E-state index is 8.56. The van der Waals surface area contributed by atoms with Crippen LogP contribution < -0.4 is 0 Å². The average Bonchev–Trinajstić information content (AvgIpc) is 1.97. The van der Waals surface area contributed by atoms with E-state index in [0.717, 1.165) is 0 Å². The minimum absolute atomic E-state index is 1.31. The van der Waals surface area contributed by atoms with Crippen LogP contribution in [0.2, 0.25) is 0 Å². The molecule has 0 aromatic rings. The average molecular weight is 231 g/mol. The van der Waals surface area contributed by atoms with E-state index in [4.69, 9.17) is 13.3 Å². The maximum Gasteiger partial charge on any atom is 0.0814 e. The molecule has 0 radical (unpaired) electrons. The molecule has 0 saturated heterocycles. The quantitative estimate of drug-likeness (QED) is 0.447. The molecule has 12 heavy (non-hydrogen) atoms. The third-order valence-corrected chi connectivity index (χ3v) is 3.47. The van der Waals surface area contributed by atoms with Gasteiger partial charge in [0.15, 0.2) is 0 Å². The Labute approximate surface area is 84.6 Å². The van der Waals surface area contributed by atoms with Crippen LogP contribution in [0.15, 0.2) is 0 Å². The number of hydrogen-bond donors (Lipinski definition) is 1. The van der Waals surface area contributed by atoms with Crippen molar-refractivity contribution in [3.8, 4) is 0 Å². The summed E-state index contributed by atoms with van der Waals surface area (Å²) >= 11 is -2.86. The molecule has 0 aromatic carbocycles. The minimum atomic E-state index is -2.86. The molecule has 0 aliphatic carbocycles. The lowest BCUT2D eigenvalue weighted by Crippen LogP contribution is -1.75. The summed E-state index contributed by atoms with van der Waals surface area (Å²) in [5, 5.41) is 0. The van der Waals surface area contributed by atoms with Crippen LogP contribution in [0.25, 0.3) is 0 Å². The minimum Gasteiger partial charge on any atom is -0.750 e. The van der Waals surface area contributed by atoms with Crippen LogP contribution in [0.3, 0.4) is 0 Å². The highest BCUT2D eigenvalue weighted by molar-refractivity contribution is 8.76. The number of rotatable bonds is 5. The first kappa shape index (κ1) is 15.3. The smallest absolute Gasteiger partial charge is 0.0814 e. The fraction of sp³-hybridized carbons (Fsp3) is 1.00. The van der Waals surface area contributed by atoms with Crippen molar-refractivity contribution in [1.29, 1.82) is 0 Å². The predicted molar refractivity (Wildman–Crippen MR) is 57.0 cm³/mol. The highest BCUT2D eigenvalue weighted by Gasteiger charge is 1.83. The van der Waals surface area contributed by atoms with Gasteiger partial charge >= 0.3 is 0 Å². The Morgan fingerprint density at radius 2 is 1.50 bits per heavy atom. The molecule has 0 fully saturated rings. The van der Waals surface area contributed by atoms with E-state index in [0.29, 0.717) is 0 Å². The van der Waals surface area contributed by atoms with Gasteiger partial charge in [0.1, 0.15) is 0 Å². The molecule has 1 unspecified atom stereocenters. The molecule has 0 aliphatic heterocycles. The van der Waals surface area contributed by atoms with E-state index in [-0.39, 0.29) is 0 Å². The highest BCUT2D eigenvalue weighted by atomic mass is 33.1. The van der Waals surface area contributed by atoms with Gasteiger partial charge in [0.25, 0.3) is 0 Å². The Morgan fingerprint density at radius 3 is 1.67 bits per heavy atom. The Bertz CT molecular complexity index is 90.0. The Hall–Kier alpha value is 0.770. The zero-order valence-electron chi connectivity index (χ0n) is 7.32. The standard InChI is InChI=1S/C6H14S2.H2O3S/c1-3-5-7-8-6-4-2;1-4(2)3/h3-6H2,1-2H3;(H2,1,2,3)/p-1. The molecule has 6 heteroatoms. The summed E-state index contributed by atoms with van der Waals surface area (Å²) in [5.74, 6) is 2.62. The Morgan fingerprint density at radius 1 is 1.25 bits per heavy atom. The first-order valence-electron chi connectivity index (χ1n) is 3.67. The lowest BCUT2D eigenvalue weighted by Gasteiger charge is -1.93. The van der Waals surface area contributed by atoms with Gasteiger partial charge in [-0.2, -0.15) is 0 Å². The molecule has 1 N–H and O–H groups in total. The number of hydrogen-bond acceptors (Lipinski definition) is 4. The van der Waals surface area contributed by atoms with Gasteiger partial charge in [0.05, 0.1) is 11.4 Å². The van der Waals surface area contributed by atoms with E-state index >= 15 is 0 Å².